The molecule has 1 heterocycles. The third kappa shape index (κ3) is 4.57. The van der Waals surface area contributed by atoms with Gasteiger partial charge in [0.05, 0.1) is 6.10 Å². The highest BCUT2D eigenvalue weighted by atomic mass is 32.1. The van der Waals surface area contributed by atoms with Crippen molar-refractivity contribution >= 4 is 27.9 Å². The SMILES string of the molecule is CC(C)Oc1c(NCCCN(C)C)sc(C(N)=O)c1N. The zero-order chi connectivity index (χ0) is 15.3. The number of thiophene rings is 1. The summed E-state index contributed by atoms with van der Waals surface area (Å²) < 4.78 is 5.69. The van der Waals surface area contributed by atoms with Gasteiger partial charge in [-0.3, -0.25) is 4.79 Å². The molecule has 6 nitrogen and oxygen atoms in total. The summed E-state index contributed by atoms with van der Waals surface area (Å²) in [5.41, 5.74) is 11.6. The molecule has 1 rings (SSSR count). The number of carbonyl (C=O) groups is 1. The van der Waals surface area contributed by atoms with Crippen LogP contribution in [0.2, 0.25) is 0 Å². The smallest absolute Gasteiger partial charge is 0.261 e. The number of amides is 1. The Labute approximate surface area is 124 Å². The van der Waals surface area contributed by atoms with Crippen LogP contribution in [-0.4, -0.2) is 44.1 Å². The van der Waals surface area contributed by atoms with Crippen LogP contribution < -0.4 is 21.5 Å². The van der Waals surface area contributed by atoms with Gasteiger partial charge in [0, 0.05) is 6.54 Å². The minimum atomic E-state index is -0.526. The number of nitrogens with zero attached hydrogens (tertiary/aromatic N) is 1. The number of ether oxygens (including phenoxy) is 1. The van der Waals surface area contributed by atoms with E-state index in [9.17, 15) is 4.79 Å². The van der Waals surface area contributed by atoms with Crippen LogP contribution in [0.5, 0.6) is 5.75 Å². The molecule has 1 amide bonds. The maximum atomic E-state index is 11.4. The fraction of sp³-hybridized carbons (Fsp3) is 0.615. The Kier molecular flexibility index (Phi) is 6.09. The summed E-state index contributed by atoms with van der Waals surface area (Å²) in [6.45, 7) is 5.59. The number of rotatable bonds is 8. The van der Waals surface area contributed by atoms with Gasteiger partial charge < -0.3 is 26.4 Å². The third-order valence-electron chi connectivity index (χ3n) is 2.54. The lowest BCUT2D eigenvalue weighted by molar-refractivity contribution is 0.100. The first-order chi connectivity index (χ1) is 9.32. The number of carbonyl (C=O) groups excluding carboxylic acids is 1. The van der Waals surface area contributed by atoms with E-state index in [1.807, 2.05) is 27.9 Å². The van der Waals surface area contributed by atoms with Crippen LogP contribution in [0.4, 0.5) is 10.7 Å². The Morgan fingerprint density at radius 1 is 1.45 bits per heavy atom. The normalized spacial score (nSPS) is 11.1. The number of hydrogen-bond acceptors (Lipinski definition) is 6. The average Bonchev–Trinajstić information content (AvgIpc) is 2.62. The fourth-order valence-electron chi connectivity index (χ4n) is 1.68. The van der Waals surface area contributed by atoms with Crippen LogP contribution >= 0.6 is 11.3 Å². The highest BCUT2D eigenvalue weighted by molar-refractivity contribution is 7.19. The molecule has 0 saturated carbocycles. The molecule has 0 saturated heterocycles. The van der Waals surface area contributed by atoms with Crippen molar-refractivity contribution in [2.45, 2.75) is 26.4 Å². The Bertz CT molecular complexity index is 457. The lowest BCUT2D eigenvalue weighted by atomic mass is 10.3. The third-order valence-corrected chi connectivity index (χ3v) is 3.70. The summed E-state index contributed by atoms with van der Waals surface area (Å²) in [7, 11) is 4.06. The summed E-state index contributed by atoms with van der Waals surface area (Å²) in [6, 6.07) is 0. The number of nitrogen functional groups attached to an aromatic ring is 1. The standard InChI is InChI=1S/C13H24N4O2S/c1-8(2)19-10-9(14)11(12(15)18)20-13(10)16-6-5-7-17(3)4/h8,16H,5-7,14H2,1-4H3,(H2,15,18). The Morgan fingerprint density at radius 3 is 2.60 bits per heavy atom. The predicted molar refractivity (Wildman–Crippen MR) is 84.7 cm³/mol. The summed E-state index contributed by atoms with van der Waals surface area (Å²) in [4.78, 5) is 13.8. The van der Waals surface area contributed by atoms with Gasteiger partial charge in [0.2, 0.25) is 0 Å². The average molecular weight is 300 g/mol. The predicted octanol–water partition coefficient (Wildman–Crippen LogP) is 1.58. The number of primary amides is 1. The van der Waals surface area contributed by atoms with Crippen molar-refractivity contribution in [2.75, 3.05) is 38.2 Å². The molecule has 20 heavy (non-hydrogen) atoms. The summed E-state index contributed by atoms with van der Waals surface area (Å²) >= 11 is 1.25. The lowest BCUT2D eigenvalue weighted by Gasteiger charge is -2.13. The number of nitrogens with two attached hydrogens (primary N) is 2. The van der Waals surface area contributed by atoms with Crippen molar-refractivity contribution < 1.29 is 9.53 Å². The molecule has 1 aromatic heterocycles. The maximum absolute atomic E-state index is 11.4. The molecule has 0 aliphatic rings. The van der Waals surface area contributed by atoms with Crippen LogP contribution in [0.15, 0.2) is 0 Å². The number of anilines is 2. The van der Waals surface area contributed by atoms with Gasteiger partial charge in [-0.05, 0) is 40.9 Å². The van der Waals surface area contributed by atoms with Gasteiger partial charge in [0.25, 0.3) is 5.91 Å². The monoisotopic (exact) mass is 300 g/mol. The first-order valence-electron chi connectivity index (χ1n) is 6.60. The molecule has 0 aliphatic heterocycles. The second-order valence-electron chi connectivity index (χ2n) is 5.12. The zero-order valence-corrected chi connectivity index (χ0v) is 13.3. The maximum Gasteiger partial charge on any atom is 0.261 e. The van der Waals surface area contributed by atoms with Crippen molar-refractivity contribution in [1.29, 1.82) is 0 Å². The summed E-state index contributed by atoms with van der Waals surface area (Å²) in [6.07, 6.45) is 0.965. The van der Waals surface area contributed by atoms with Crippen LogP contribution in [0.1, 0.15) is 29.9 Å². The fourth-order valence-corrected chi connectivity index (χ4v) is 2.61. The van der Waals surface area contributed by atoms with Gasteiger partial charge in [0.15, 0.2) is 5.75 Å². The molecule has 5 N–H and O–H groups in total. The van der Waals surface area contributed by atoms with E-state index in [0.717, 1.165) is 24.5 Å². The van der Waals surface area contributed by atoms with Crippen LogP contribution in [-0.2, 0) is 0 Å². The molecular weight excluding hydrogens is 276 g/mol. The first kappa shape index (κ1) is 16.6. The van der Waals surface area contributed by atoms with Crippen molar-refractivity contribution in [3.8, 4) is 5.75 Å². The highest BCUT2D eigenvalue weighted by Crippen LogP contribution is 2.42. The largest absolute Gasteiger partial charge is 0.486 e. The van der Waals surface area contributed by atoms with Crippen molar-refractivity contribution in [2.24, 2.45) is 5.73 Å². The van der Waals surface area contributed by atoms with E-state index >= 15 is 0 Å². The lowest BCUT2D eigenvalue weighted by Crippen LogP contribution is -2.16. The molecule has 0 atom stereocenters. The molecule has 0 aromatic carbocycles. The number of hydrogen-bond donors (Lipinski definition) is 3. The first-order valence-corrected chi connectivity index (χ1v) is 7.41. The Hall–Kier alpha value is -1.47. The molecule has 0 unspecified atom stereocenters. The molecule has 0 bridgehead atoms. The van der Waals surface area contributed by atoms with Crippen molar-refractivity contribution in [3.05, 3.63) is 4.88 Å². The van der Waals surface area contributed by atoms with E-state index in [2.05, 4.69) is 10.2 Å². The molecular formula is C13H24N4O2S. The highest BCUT2D eigenvalue weighted by Gasteiger charge is 2.21. The zero-order valence-electron chi connectivity index (χ0n) is 12.5. The molecule has 1 aromatic rings. The van der Waals surface area contributed by atoms with Gasteiger partial charge in [-0.1, -0.05) is 0 Å². The molecule has 114 valence electrons. The second kappa shape index (κ2) is 7.35. The van der Waals surface area contributed by atoms with Gasteiger partial charge in [-0.25, -0.2) is 0 Å². The van der Waals surface area contributed by atoms with Crippen LogP contribution in [0.25, 0.3) is 0 Å². The van der Waals surface area contributed by atoms with E-state index in [4.69, 9.17) is 16.2 Å². The van der Waals surface area contributed by atoms with Crippen LogP contribution in [0, 0.1) is 0 Å². The quantitative estimate of drug-likeness (QED) is 0.634. The molecule has 7 heteroatoms. The van der Waals surface area contributed by atoms with E-state index in [0.29, 0.717) is 16.3 Å². The van der Waals surface area contributed by atoms with Crippen LogP contribution in [0.3, 0.4) is 0 Å². The van der Waals surface area contributed by atoms with E-state index in [1.165, 1.54) is 11.3 Å². The minimum absolute atomic E-state index is 0.0186. The van der Waals surface area contributed by atoms with Gasteiger partial charge in [0.1, 0.15) is 15.6 Å². The van der Waals surface area contributed by atoms with Crippen molar-refractivity contribution in [3.63, 3.8) is 0 Å². The molecule has 0 radical (unpaired) electrons. The second-order valence-corrected chi connectivity index (χ2v) is 6.14. The van der Waals surface area contributed by atoms with Crippen molar-refractivity contribution in [1.82, 2.24) is 4.90 Å². The topological polar surface area (TPSA) is 93.6 Å². The van der Waals surface area contributed by atoms with Gasteiger partial charge in [-0.15, -0.1) is 11.3 Å². The molecule has 0 aliphatic carbocycles. The van der Waals surface area contributed by atoms with Gasteiger partial charge >= 0.3 is 0 Å². The number of nitrogens with one attached hydrogen (secondary N) is 1. The van der Waals surface area contributed by atoms with Gasteiger partial charge in [-0.2, -0.15) is 0 Å². The Balaban J connectivity index is 2.81. The van der Waals surface area contributed by atoms with E-state index in [-0.39, 0.29) is 6.10 Å². The van der Waals surface area contributed by atoms with E-state index < -0.39 is 5.91 Å². The summed E-state index contributed by atoms with van der Waals surface area (Å²) in [5.74, 6) is 0.00565. The molecule has 0 fully saturated rings. The Morgan fingerprint density at radius 2 is 2.10 bits per heavy atom. The summed E-state index contributed by atoms with van der Waals surface area (Å²) in [5, 5.41) is 4.04. The molecule has 0 spiro atoms. The minimum Gasteiger partial charge on any atom is -0.486 e. The van der Waals surface area contributed by atoms with E-state index in [1.54, 1.807) is 0 Å².